The van der Waals surface area contributed by atoms with Crippen LogP contribution in [0.2, 0.25) is 0 Å². The van der Waals surface area contributed by atoms with Gasteiger partial charge in [-0.25, -0.2) is 0 Å². The molecule has 3 N–H and O–H groups in total. The van der Waals surface area contributed by atoms with Gasteiger partial charge in [0.2, 0.25) is 0 Å². The SMILES string of the molecule is CCN(CC)CCNC(C(=O)O)c1ccc[nH]1. The highest BCUT2D eigenvalue weighted by molar-refractivity contribution is 5.74. The largest absolute Gasteiger partial charge is 0.480 e. The third kappa shape index (κ3) is 4.20. The normalized spacial score (nSPS) is 12.9. The lowest BCUT2D eigenvalue weighted by molar-refractivity contribution is -0.139. The predicted molar refractivity (Wildman–Crippen MR) is 67.0 cm³/mol. The Balaban J connectivity index is 2.44. The van der Waals surface area contributed by atoms with E-state index >= 15 is 0 Å². The van der Waals surface area contributed by atoms with Crippen LogP contribution in [-0.2, 0) is 4.79 Å². The third-order valence-corrected chi connectivity index (χ3v) is 2.85. The molecule has 0 aliphatic rings. The second-order valence-corrected chi connectivity index (χ2v) is 3.88. The van der Waals surface area contributed by atoms with Gasteiger partial charge in [0, 0.05) is 25.0 Å². The molecule has 0 spiro atoms. The quantitative estimate of drug-likeness (QED) is 0.635. The molecule has 1 aromatic heterocycles. The predicted octanol–water partition coefficient (Wildman–Crippen LogP) is 1.07. The zero-order valence-corrected chi connectivity index (χ0v) is 10.4. The fourth-order valence-electron chi connectivity index (χ4n) is 1.76. The molecule has 1 unspecified atom stereocenters. The van der Waals surface area contributed by atoms with Crippen LogP contribution in [0, 0.1) is 0 Å². The van der Waals surface area contributed by atoms with Crippen molar-refractivity contribution in [3.63, 3.8) is 0 Å². The van der Waals surface area contributed by atoms with Crippen LogP contribution in [0.3, 0.4) is 0 Å². The number of rotatable bonds is 8. The standard InChI is InChI=1S/C12H21N3O2/c1-3-15(4-2)9-8-14-11(12(16)17)10-6-5-7-13-10/h5-7,11,13-14H,3-4,8-9H2,1-2H3,(H,16,17). The van der Waals surface area contributed by atoms with E-state index in [-0.39, 0.29) is 0 Å². The molecule has 0 bridgehead atoms. The van der Waals surface area contributed by atoms with Gasteiger partial charge in [-0.2, -0.15) is 0 Å². The smallest absolute Gasteiger partial charge is 0.326 e. The number of carboxylic acids is 1. The summed E-state index contributed by atoms with van der Waals surface area (Å²) in [7, 11) is 0. The Morgan fingerprint density at radius 1 is 1.53 bits per heavy atom. The van der Waals surface area contributed by atoms with E-state index < -0.39 is 12.0 Å². The molecule has 0 saturated heterocycles. The van der Waals surface area contributed by atoms with Gasteiger partial charge in [0.05, 0.1) is 0 Å². The van der Waals surface area contributed by atoms with E-state index in [1.807, 2.05) is 0 Å². The van der Waals surface area contributed by atoms with Gasteiger partial charge < -0.3 is 15.0 Å². The molecule has 0 aromatic carbocycles. The molecule has 0 saturated carbocycles. The highest BCUT2D eigenvalue weighted by Gasteiger charge is 2.19. The number of carbonyl (C=O) groups is 1. The number of hydrogen-bond donors (Lipinski definition) is 3. The molecule has 1 aromatic rings. The Morgan fingerprint density at radius 2 is 2.24 bits per heavy atom. The summed E-state index contributed by atoms with van der Waals surface area (Å²) in [5, 5.41) is 12.2. The summed E-state index contributed by atoms with van der Waals surface area (Å²) in [6, 6.07) is 2.93. The first-order valence-electron chi connectivity index (χ1n) is 6.00. The minimum absolute atomic E-state index is 0.652. The Morgan fingerprint density at radius 3 is 2.71 bits per heavy atom. The van der Waals surface area contributed by atoms with Crippen LogP contribution >= 0.6 is 0 Å². The minimum atomic E-state index is -0.855. The van der Waals surface area contributed by atoms with Crippen molar-refractivity contribution in [2.45, 2.75) is 19.9 Å². The van der Waals surface area contributed by atoms with Crippen molar-refractivity contribution in [2.24, 2.45) is 0 Å². The van der Waals surface area contributed by atoms with Gasteiger partial charge in [-0.3, -0.25) is 10.1 Å². The number of nitrogens with zero attached hydrogens (tertiary/aromatic N) is 1. The van der Waals surface area contributed by atoms with Gasteiger partial charge in [0.15, 0.2) is 0 Å². The summed E-state index contributed by atoms with van der Waals surface area (Å²) in [4.78, 5) is 16.3. The molecule has 17 heavy (non-hydrogen) atoms. The Hall–Kier alpha value is -1.33. The van der Waals surface area contributed by atoms with Gasteiger partial charge in [0.25, 0.3) is 0 Å². The van der Waals surface area contributed by atoms with Gasteiger partial charge >= 0.3 is 5.97 Å². The number of aromatic amines is 1. The molecule has 0 radical (unpaired) electrons. The van der Waals surface area contributed by atoms with E-state index in [4.69, 9.17) is 5.11 Å². The Bertz CT molecular complexity index is 321. The van der Waals surface area contributed by atoms with Crippen molar-refractivity contribution in [3.05, 3.63) is 24.0 Å². The van der Waals surface area contributed by atoms with E-state index in [0.717, 1.165) is 19.6 Å². The van der Waals surface area contributed by atoms with Crippen molar-refractivity contribution >= 4 is 5.97 Å². The third-order valence-electron chi connectivity index (χ3n) is 2.85. The molecular formula is C12H21N3O2. The van der Waals surface area contributed by atoms with Crippen LogP contribution in [0.25, 0.3) is 0 Å². The number of hydrogen-bond acceptors (Lipinski definition) is 3. The topological polar surface area (TPSA) is 68.4 Å². The molecule has 1 heterocycles. The summed E-state index contributed by atoms with van der Waals surface area (Å²) < 4.78 is 0. The van der Waals surface area contributed by atoms with E-state index in [2.05, 4.69) is 29.0 Å². The molecule has 0 fully saturated rings. The minimum Gasteiger partial charge on any atom is -0.480 e. The monoisotopic (exact) mass is 239 g/mol. The Kier molecular flexibility index (Phi) is 5.72. The van der Waals surface area contributed by atoms with Gasteiger partial charge in [-0.1, -0.05) is 13.8 Å². The van der Waals surface area contributed by atoms with Crippen LogP contribution in [0.5, 0.6) is 0 Å². The fourth-order valence-corrected chi connectivity index (χ4v) is 1.76. The average Bonchev–Trinajstić information content (AvgIpc) is 2.82. The second-order valence-electron chi connectivity index (χ2n) is 3.88. The van der Waals surface area contributed by atoms with Crippen molar-refractivity contribution in [3.8, 4) is 0 Å². The van der Waals surface area contributed by atoms with Crippen molar-refractivity contribution < 1.29 is 9.90 Å². The zero-order chi connectivity index (χ0) is 12.7. The molecule has 1 atom stereocenters. The zero-order valence-electron chi connectivity index (χ0n) is 10.4. The summed E-state index contributed by atoms with van der Waals surface area (Å²) in [6.45, 7) is 7.69. The van der Waals surface area contributed by atoms with E-state index in [9.17, 15) is 4.79 Å². The van der Waals surface area contributed by atoms with Crippen LogP contribution in [0.4, 0.5) is 0 Å². The number of aromatic nitrogens is 1. The molecular weight excluding hydrogens is 218 g/mol. The van der Waals surface area contributed by atoms with Crippen LogP contribution in [-0.4, -0.2) is 47.1 Å². The number of aliphatic carboxylic acids is 1. The van der Waals surface area contributed by atoms with Crippen LogP contribution in [0.15, 0.2) is 18.3 Å². The second kappa shape index (κ2) is 7.09. The van der Waals surface area contributed by atoms with Crippen molar-refractivity contribution in [2.75, 3.05) is 26.2 Å². The molecule has 1 rings (SSSR count). The molecule has 0 amide bonds. The van der Waals surface area contributed by atoms with Gasteiger partial charge in [0.1, 0.15) is 6.04 Å². The number of nitrogens with one attached hydrogen (secondary N) is 2. The Labute approximate surface area is 102 Å². The molecule has 96 valence electrons. The van der Waals surface area contributed by atoms with Gasteiger partial charge in [-0.15, -0.1) is 0 Å². The first-order chi connectivity index (χ1) is 8.19. The lowest BCUT2D eigenvalue weighted by Gasteiger charge is -2.20. The number of H-pyrrole nitrogens is 1. The molecule has 0 aliphatic heterocycles. The van der Waals surface area contributed by atoms with Crippen molar-refractivity contribution in [1.82, 2.24) is 15.2 Å². The highest BCUT2D eigenvalue weighted by atomic mass is 16.4. The molecule has 0 aliphatic carbocycles. The lowest BCUT2D eigenvalue weighted by Crippen LogP contribution is -2.36. The lowest BCUT2D eigenvalue weighted by atomic mass is 10.2. The maximum atomic E-state index is 11.1. The maximum Gasteiger partial charge on any atom is 0.326 e. The van der Waals surface area contributed by atoms with E-state index in [1.54, 1.807) is 18.3 Å². The summed E-state index contributed by atoms with van der Waals surface area (Å²) in [5.41, 5.74) is 0.692. The first kappa shape index (κ1) is 13.7. The highest BCUT2D eigenvalue weighted by Crippen LogP contribution is 2.09. The van der Waals surface area contributed by atoms with Crippen molar-refractivity contribution in [1.29, 1.82) is 0 Å². The number of likely N-dealkylation sites (N-methyl/N-ethyl adjacent to an activating group) is 1. The number of carboxylic acid groups (broad SMARTS) is 1. The summed E-state index contributed by atoms with van der Waals surface area (Å²) >= 11 is 0. The summed E-state index contributed by atoms with van der Waals surface area (Å²) in [6.07, 6.45) is 1.73. The first-order valence-corrected chi connectivity index (χ1v) is 6.00. The van der Waals surface area contributed by atoms with Gasteiger partial charge in [-0.05, 0) is 25.2 Å². The van der Waals surface area contributed by atoms with E-state index in [1.165, 1.54) is 0 Å². The summed E-state index contributed by atoms with van der Waals surface area (Å²) in [5.74, 6) is -0.855. The van der Waals surface area contributed by atoms with Crippen LogP contribution < -0.4 is 5.32 Å². The van der Waals surface area contributed by atoms with E-state index in [0.29, 0.717) is 12.2 Å². The maximum absolute atomic E-state index is 11.1. The van der Waals surface area contributed by atoms with Crippen LogP contribution in [0.1, 0.15) is 25.6 Å². The fraction of sp³-hybridized carbons (Fsp3) is 0.583. The molecule has 5 nitrogen and oxygen atoms in total. The molecule has 5 heteroatoms. The average molecular weight is 239 g/mol.